The molecule has 0 heterocycles. The van der Waals surface area contributed by atoms with Gasteiger partial charge in [0.2, 0.25) is 0 Å². The summed E-state index contributed by atoms with van der Waals surface area (Å²) in [6, 6.07) is 21.6. The van der Waals surface area contributed by atoms with E-state index in [2.05, 4.69) is 212 Å². The van der Waals surface area contributed by atoms with Crippen molar-refractivity contribution in [3.8, 4) is 35.5 Å². The molecule has 306 valence electrons. The minimum Gasteiger partial charge on any atom is -0.394 e. The maximum atomic E-state index is 7.25. The van der Waals surface area contributed by atoms with E-state index in [0.717, 1.165) is 19.3 Å². The van der Waals surface area contributed by atoms with Crippen molar-refractivity contribution in [3.05, 3.63) is 83.1 Å². The molecule has 1 atom stereocenters. The molecular weight excluding hydrogens is 733 g/mol. The van der Waals surface area contributed by atoms with Crippen molar-refractivity contribution in [3.63, 3.8) is 0 Å². The molecule has 0 aliphatic rings. The van der Waals surface area contributed by atoms with Gasteiger partial charge < -0.3 is 13.3 Å². The molecule has 0 radical (unpaired) electrons. The van der Waals surface area contributed by atoms with E-state index in [-0.39, 0.29) is 22.2 Å². The van der Waals surface area contributed by atoms with Gasteiger partial charge in [-0.2, -0.15) is 0 Å². The predicted octanol–water partition coefficient (Wildman–Crippen LogP) is 12.5. The highest BCUT2D eigenvalue weighted by Crippen LogP contribution is 2.39. The molecule has 2 aromatic rings. The molecule has 0 fully saturated rings. The van der Waals surface area contributed by atoms with Crippen LogP contribution >= 0.6 is 0 Å². The van der Waals surface area contributed by atoms with Crippen LogP contribution in [-0.4, -0.2) is 44.3 Å². The molecule has 0 aliphatic heterocycles. The van der Waals surface area contributed by atoms with Gasteiger partial charge >= 0.3 is 8.56 Å². The summed E-state index contributed by atoms with van der Waals surface area (Å²) < 4.78 is 20.4. The van der Waals surface area contributed by atoms with Crippen molar-refractivity contribution in [1.82, 2.24) is 0 Å². The van der Waals surface area contributed by atoms with Crippen LogP contribution in [0.25, 0.3) is 0 Å². The van der Waals surface area contributed by atoms with Gasteiger partial charge in [0.25, 0.3) is 8.32 Å². The standard InChI is InChI=1S/C50H76O3Si3/c1-17-45(53-55(50(12,13)14,46-33-25-21-26-34-46)47-35-27-22-28-36-47)32-24-19-18-20-30-38-51-56(42(4)5,43(6)7)52-39-31-23-29-37-48(41(2)3)44(8)40-54(15,16)49(9,10)11/h21-22,25-28,33-36,40,42-43,45H,17-19,29,37-39H2,1-16H3/b44-40+. The first-order valence-electron chi connectivity index (χ1n) is 21.0. The summed E-state index contributed by atoms with van der Waals surface area (Å²) in [4.78, 5) is 0. The first kappa shape index (κ1) is 49.3. The third-order valence-electron chi connectivity index (χ3n) is 11.4. The second-order valence-corrected chi connectivity index (χ2v) is 32.4. The molecule has 0 spiro atoms. The Labute approximate surface area is 348 Å². The molecule has 0 aliphatic carbocycles. The van der Waals surface area contributed by atoms with Gasteiger partial charge in [-0.15, -0.1) is 5.92 Å². The SMILES string of the molecule is CCC(C#CCCC#CCO[Si](OCC#CCCC(=C(C)C)/C(C)=C/[Si](C)(C)C(C)(C)C)(C(C)C)C(C)C)O[Si](c1ccccc1)(c1ccccc1)C(C)(C)C. The highest BCUT2D eigenvalue weighted by molar-refractivity contribution is 6.99. The summed E-state index contributed by atoms with van der Waals surface area (Å²) in [5, 5.41) is 2.79. The van der Waals surface area contributed by atoms with Crippen LogP contribution in [0.3, 0.4) is 0 Å². The highest BCUT2D eigenvalue weighted by Gasteiger charge is 2.51. The lowest BCUT2D eigenvalue weighted by Gasteiger charge is -2.44. The van der Waals surface area contributed by atoms with Gasteiger partial charge in [-0.25, -0.2) is 0 Å². The average Bonchev–Trinajstić information content (AvgIpc) is 3.11. The third-order valence-corrected chi connectivity index (χ3v) is 25.9. The van der Waals surface area contributed by atoms with E-state index in [4.69, 9.17) is 13.3 Å². The summed E-state index contributed by atoms with van der Waals surface area (Å²) in [5.74, 6) is 20.2. The van der Waals surface area contributed by atoms with E-state index in [1.165, 1.54) is 27.1 Å². The molecule has 0 bridgehead atoms. The molecule has 0 saturated heterocycles. The van der Waals surface area contributed by atoms with Gasteiger partial charge in [0.15, 0.2) is 0 Å². The van der Waals surface area contributed by atoms with Crippen LogP contribution < -0.4 is 10.4 Å². The number of allylic oxidation sites excluding steroid dienone is 3. The fourth-order valence-electron chi connectivity index (χ4n) is 7.26. The quantitative estimate of drug-likeness (QED) is 0.0732. The van der Waals surface area contributed by atoms with Crippen molar-refractivity contribution in [1.29, 1.82) is 0 Å². The second-order valence-electron chi connectivity index (χ2n) is 18.6. The molecule has 0 aromatic heterocycles. The van der Waals surface area contributed by atoms with E-state index in [1.807, 2.05) is 0 Å². The lowest BCUT2D eigenvalue weighted by molar-refractivity contribution is 0.189. The summed E-state index contributed by atoms with van der Waals surface area (Å²) in [6.07, 6.45) is 3.83. The topological polar surface area (TPSA) is 27.7 Å². The van der Waals surface area contributed by atoms with Crippen LogP contribution in [0.15, 0.2) is 83.1 Å². The molecule has 6 heteroatoms. The third kappa shape index (κ3) is 13.6. The Bertz CT molecular complexity index is 1710. The highest BCUT2D eigenvalue weighted by atomic mass is 28.4. The van der Waals surface area contributed by atoms with Crippen LogP contribution in [0, 0.1) is 35.5 Å². The monoisotopic (exact) mass is 809 g/mol. The molecule has 56 heavy (non-hydrogen) atoms. The number of hydrogen-bond donors (Lipinski definition) is 0. The Morgan fingerprint density at radius 3 is 1.54 bits per heavy atom. The van der Waals surface area contributed by atoms with Gasteiger partial charge in [-0.05, 0) is 70.7 Å². The summed E-state index contributed by atoms with van der Waals surface area (Å²) in [6.45, 7) is 37.5. The molecule has 2 rings (SSSR count). The van der Waals surface area contributed by atoms with Crippen molar-refractivity contribution in [2.24, 2.45) is 0 Å². The Kier molecular flexibility index (Phi) is 19.6. The molecule has 3 nitrogen and oxygen atoms in total. The first-order valence-corrected chi connectivity index (χ1v) is 27.9. The fraction of sp³-hybridized carbons (Fsp3) is 0.560. The van der Waals surface area contributed by atoms with E-state index in [9.17, 15) is 0 Å². The zero-order valence-electron chi connectivity index (χ0n) is 38.3. The van der Waals surface area contributed by atoms with Crippen LogP contribution in [0.2, 0.25) is 34.3 Å². The van der Waals surface area contributed by atoms with Crippen molar-refractivity contribution in [2.75, 3.05) is 13.2 Å². The van der Waals surface area contributed by atoms with Crippen LogP contribution in [-0.2, 0) is 13.3 Å². The van der Waals surface area contributed by atoms with Gasteiger partial charge in [-0.3, -0.25) is 0 Å². The largest absolute Gasteiger partial charge is 0.394 e. The summed E-state index contributed by atoms with van der Waals surface area (Å²) >= 11 is 0. The Hall–Kier alpha value is -2.87. The van der Waals surface area contributed by atoms with E-state index >= 15 is 0 Å². The zero-order chi connectivity index (χ0) is 42.2. The average molecular weight is 809 g/mol. The maximum absolute atomic E-state index is 7.25. The van der Waals surface area contributed by atoms with Gasteiger partial charge in [0.05, 0.1) is 21.3 Å². The Morgan fingerprint density at radius 1 is 0.661 bits per heavy atom. The molecule has 0 N–H and O–H groups in total. The Morgan fingerprint density at radius 2 is 1.12 bits per heavy atom. The molecule has 1 unspecified atom stereocenters. The van der Waals surface area contributed by atoms with E-state index < -0.39 is 25.0 Å². The van der Waals surface area contributed by atoms with Crippen LogP contribution in [0.1, 0.15) is 129 Å². The van der Waals surface area contributed by atoms with Crippen LogP contribution in [0.4, 0.5) is 0 Å². The second kappa shape index (κ2) is 22.3. The Balaban J connectivity index is 2.06. The minimum atomic E-state index is -2.66. The van der Waals surface area contributed by atoms with Gasteiger partial charge in [-0.1, -0.05) is 196 Å². The van der Waals surface area contributed by atoms with Gasteiger partial charge in [0.1, 0.15) is 6.10 Å². The smallest absolute Gasteiger partial charge is 0.344 e. The normalized spacial score (nSPS) is 13.3. The van der Waals surface area contributed by atoms with Crippen LogP contribution in [0.5, 0.6) is 0 Å². The number of rotatable bonds is 16. The van der Waals surface area contributed by atoms with Crippen molar-refractivity contribution < 1.29 is 13.3 Å². The summed E-state index contributed by atoms with van der Waals surface area (Å²) in [5.41, 5.74) is 7.39. The number of benzene rings is 2. The van der Waals surface area contributed by atoms with E-state index in [0.29, 0.717) is 31.1 Å². The van der Waals surface area contributed by atoms with E-state index in [1.54, 1.807) is 0 Å². The van der Waals surface area contributed by atoms with Crippen molar-refractivity contribution in [2.45, 2.75) is 169 Å². The summed E-state index contributed by atoms with van der Waals surface area (Å²) in [7, 11) is -6.75. The first-order chi connectivity index (χ1) is 26.2. The molecule has 0 saturated carbocycles. The zero-order valence-corrected chi connectivity index (χ0v) is 41.3. The predicted molar refractivity (Wildman–Crippen MR) is 252 cm³/mol. The fourth-order valence-corrected chi connectivity index (χ4v) is 17.0. The van der Waals surface area contributed by atoms with Crippen molar-refractivity contribution >= 4 is 35.3 Å². The number of hydrogen-bond acceptors (Lipinski definition) is 3. The maximum Gasteiger partial charge on any atom is 0.344 e. The molecule has 0 amide bonds. The molecule has 2 aromatic carbocycles. The minimum absolute atomic E-state index is 0.0892. The number of unbranched alkanes of at least 4 members (excludes halogenated alkanes) is 1. The molecular formula is C50H76O3Si3. The lowest BCUT2D eigenvalue weighted by Crippen LogP contribution is -2.67. The van der Waals surface area contributed by atoms with Gasteiger partial charge in [0, 0.05) is 19.3 Å². The lowest BCUT2D eigenvalue weighted by atomic mass is 9.99.